The SMILES string of the molecule is CCCOc1ccccc1NC(=O)CN1C(=O)NC2(CCc3ccccc32)C1=O. The molecule has 1 atom stereocenters. The van der Waals surface area contributed by atoms with Crippen LogP contribution in [0.5, 0.6) is 5.75 Å². The maximum absolute atomic E-state index is 13.1. The van der Waals surface area contributed by atoms with E-state index in [1.54, 1.807) is 18.2 Å². The zero-order valence-electron chi connectivity index (χ0n) is 16.2. The summed E-state index contributed by atoms with van der Waals surface area (Å²) in [6, 6.07) is 14.2. The fraction of sp³-hybridized carbons (Fsp3) is 0.318. The van der Waals surface area contributed by atoms with E-state index >= 15 is 0 Å². The molecule has 29 heavy (non-hydrogen) atoms. The van der Waals surface area contributed by atoms with Gasteiger partial charge in [-0.1, -0.05) is 43.3 Å². The molecule has 1 aliphatic heterocycles. The molecule has 2 aliphatic rings. The van der Waals surface area contributed by atoms with Crippen LogP contribution >= 0.6 is 0 Å². The van der Waals surface area contributed by atoms with Gasteiger partial charge in [0.05, 0.1) is 12.3 Å². The smallest absolute Gasteiger partial charge is 0.325 e. The second kappa shape index (κ2) is 7.58. The lowest BCUT2D eigenvalue weighted by atomic mass is 9.92. The lowest BCUT2D eigenvalue weighted by molar-refractivity contribution is -0.134. The Morgan fingerprint density at radius 3 is 2.76 bits per heavy atom. The van der Waals surface area contributed by atoms with E-state index in [1.807, 2.05) is 37.3 Å². The summed E-state index contributed by atoms with van der Waals surface area (Å²) in [5.74, 6) is -0.274. The van der Waals surface area contributed by atoms with Crippen molar-refractivity contribution in [1.29, 1.82) is 0 Å². The lowest BCUT2D eigenvalue weighted by Crippen LogP contribution is -2.43. The van der Waals surface area contributed by atoms with Crippen molar-refractivity contribution in [2.24, 2.45) is 0 Å². The molecule has 2 aromatic carbocycles. The Kier molecular flexibility index (Phi) is 4.96. The van der Waals surface area contributed by atoms with Gasteiger partial charge in [0.2, 0.25) is 5.91 Å². The van der Waals surface area contributed by atoms with Crippen LogP contribution in [0.3, 0.4) is 0 Å². The first-order valence-corrected chi connectivity index (χ1v) is 9.79. The van der Waals surface area contributed by atoms with Crippen LogP contribution in [0, 0.1) is 0 Å². The van der Waals surface area contributed by atoms with Crippen LogP contribution in [0.4, 0.5) is 10.5 Å². The lowest BCUT2D eigenvalue weighted by Gasteiger charge is -2.22. The number of benzene rings is 2. The first kappa shape index (κ1) is 19.0. The van der Waals surface area contributed by atoms with Crippen LogP contribution in [0.2, 0.25) is 0 Å². The fourth-order valence-electron chi connectivity index (χ4n) is 3.97. The van der Waals surface area contributed by atoms with Crippen LogP contribution < -0.4 is 15.4 Å². The van der Waals surface area contributed by atoms with Crippen molar-refractivity contribution in [3.63, 3.8) is 0 Å². The number of carbonyl (C=O) groups is 3. The summed E-state index contributed by atoms with van der Waals surface area (Å²) in [4.78, 5) is 39.3. The Bertz CT molecular complexity index is 974. The Morgan fingerprint density at radius 2 is 1.93 bits per heavy atom. The van der Waals surface area contributed by atoms with E-state index in [1.165, 1.54) is 0 Å². The average molecular weight is 393 g/mol. The predicted octanol–water partition coefficient (Wildman–Crippen LogP) is 2.81. The molecular weight excluding hydrogens is 370 g/mol. The topological polar surface area (TPSA) is 87.7 Å². The van der Waals surface area contributed by atoms with Crippen LogP contribution in [0.25, 0.3) is 0 Å². The maximum Gasteiger partial charge on any atom is 0.325 e. The Balaban J connectivity index is 1.49. The molecule has 2 N–H and O–H groups in total. The first-order valence-electron chi connectivity index (χ1n) is 9.79. The minimum Gasteiger partial charge on any atom is -0.491 e. The van der Waals surface area contributed by atoms with E-state index in [2.05, 4.69) is 10.6 Å². The van der Waals surface area contributed by atoms with E-state index in [9.17, 15) is 14.4 Å². The summed E-state index contributed by atoms with van der Waals surface area (Å²) < 4.78 is 5.64. The summed E-state index contributed by atoms with van der Waals surface area (Å²) in [5, 5.41) is 5.57. The highest BCUT2D eigenvalue weighted by molar-refractivity contribution is 6.11. The molecular formula is C22H23N3O4. The van der Waals surface area contributed by atoms with Gasteiger partial charge in [-0.3, -0.25) is 14.5 Å². The number of aryl methyl sites for hydroxylation is 1. The molecule has 1 fully saturated rings. The normalized spacial score (nSPS) is 20.0. The maximum atomic E-state index is 13.1. The van der Waals surface area contributed by atoms with E-state index in [0.717, 1.165) is 22.4 Å². The standard InChI is InChI=1S/C22H23N3O4/c1-2-13-29-18-10-6-5-9-17(18)23-19(26)14-25-20(27)22(24-21(25)28)12-11-15-7-3-4-8-16(15)22/h3-10H,2,11-14H2,1H3,(H,23,26)(H,24,28). The highest BCUT2D eigenvalue weighted by Gasteiger charge is 2.55. The van der Waals surface area contributed by atoms with E-state index < -0.39 is 17.5 Å². The van der Waals surface area contributed by atoms with E-state index in [-0.39, 0.29) is 12.5 Å². The summed E-state index contributed by atoms with van der Waals surface area (Å²) >= 11 is 0. The number of imide groups is 1. The largest absolute Gasteiger partial charge is 0.491 e. The van der Waals surface area contributed by atoms with Gasteiger partial charge in [0.1, 0.15) is 17.8 Å². The molecule has 7 nitrogen and oxygen atoms in total. The van der Waals surface area contributed by atoms with Crippen LogP contribution in [-0.4, -0.2) is 35.9 Å². The van der Waals surface area contributed by atoms with Gasteiger partial charge in [-0.15, -0.1) is 0 Å². The molecule has 0 bridgehead atoms. The quantitative estimate of drug-likeness (QED) is 0.739. The number of urea groups is 1. The third-order valence-electron chi connectivity index (χ3n) is 5.35. The summed E-state index contributed by atoms with van der Waals surface area (Å²) in [7, 11) is 0. The molecule has 0 radical (unpaired) electrons. The number of nitrogens with zero attached hydrogens (tertiary/aromatic N) is 1. The van der Waals surface area contributed by atoms with Crippen LogP contribution in [-0.2, 0) is 21.5 Å². The van der Waals surface area contributed by atoms with Crippen molar-refractivity contribution < 1.29 is 19.1 Å². The van der Waals surface area contributed by atoms with Gasteiger partial charge in [0, 0.05) is 0 Å². The molecule has 1 unspecified atom stereocenters. The van der Waals surface area contributed by atoms with Gasteiger partial charge < -0.3 is 15.4 Å². The van der Waals surface area contributed by atoms with Crippen molar-refractivity contribution in [1.82, 2.24) is 10.2 Å². The van der Waals surface area contributed by atoms with Crippen LogP contribution in [0.1, 0.15) is 30.9 Å². The number of hydrogen-bond donors (Lipinski definition) is 2. The van der Waals surface area contributed by atoms with Crippen molar-refractivity contribution in [2.45, 2.75) is 31.7 Å². The van der Waals surface area contributed by atoms with Crippen molar-refractivity contribution in [2.75, 3.05) is 18.5 Å². The number of ether oxygens (including phenoxy) is 1. The second-order valence-electron chi connectivity index (χ2n) is 7.28. The highest BCUT2D eigenvalue weighted by atomic mass is 16.5. The number of anilines is 1. The molecule has 7 heteroatoms. The molecule has 150 valence electrons. The van der Waals surface area contributed by atoms with Gasteiger partial charge >= 0.3 is 6.03 Å². The number of para-hydroxylation sites is 2. The number of rotatable bonds is 6. The summed E-state index contributed by atoms with van der Waals surface area (Å²) in [5.41, 5.74) is 1.32. The predicted molar refractivity (Wildman–Crippen MR) is 108 cm³/mol. The number of hydrogen-bond acceptors (Lipinski definition) is 4. The number of nitrogens with one attached hydrogen (secondary N) is 2. The second-order valence-corrected chi connectivity index (χ2v) is 7.28. The zero-order valence-corrected chi connectivity index (χ0v) is 16.2. The average Bonchev–Trinajstić information content (AvgIpc) is 3.21. The van der Waals surface area contributed by atoms with Gasteiger partial charge in [0.15, 0.2) is 0 Å². The molecule has 1 aliphatic carbocycles. The Labute approximate surface area is 169 Å². The summed E-state index contributed by atoms with van der Waals surface area (Å²) in [6.07, 6.45) is 2.06. The Morgan fingerprint density at radius 1 is 1.17 bits per heavy atom. The number of carbonyl (C=O) groups excluding carboxylic acids is 3. The van der Waals surface area contributed by atoms with Crippen molar-refractivity contribution >= 4 is 23.5 Å². The van der Waals surface area contributed by atoms with E-state index in [0.29, 0.717) is 30.9 Å². The van der Waals surface area contributed by atoms with Gasteiger partial charge in [-0.25, -0.2) is 4.79 Å². The molecule has 4 rings (SSSR count). The molecule has 4 amide bonds. The molecule has 0 saturated carbocycles. The third-order valence-corrected chi connectivity index (χ3v) is 5.35. The van der Waals surface area contributed by atoms with Crippen LogP contribution in [0.15, 0.2) is 48.5 Å². The van der Waals surface area contributed by atoms with Gasteiger partial charge in [-0.05, 0) is 42.5 Å². The monoisotopic (exact) mass is 393 g/mol. The Hall–Kier alpha value is -3.35. The van der Waals surface area contributed by atoms with Gasteiger partial charge in [0.25, 0.3) is 5.91 Å². The third kappa shape index (κ3) is 3.33. The highest BCUT2D eigenvalue weighted by Crippen LogP contribution is 2.41. The van der Waals surface area contributed by atoms with Crippen molar-refractivity contribution in [3.05, 3.63) is 59.7 Å². The van der Waals surface area contributed by atoms with E-state index in [4.69, 9.17) is 4.74 Å². The molecule has 1 spiro atoms. The molecule has 2 aromatic rings. The van der Waals surface area contributed by atoms with Gasteiger partial charge in [-0.2, -0.15) is 0 Å². The summed E-state index contributed by atoms with van der Waals surface area (Å²) in [6.45, 7) is 2.17. The minimum atomic E-state index is -1.06. The zero-order chi connectivity index (χ0) is 20.4. The fourth-order valence-corrected chi connectivity index (χ4v) is 3.97. The molecule has 1 saturated heterocycles. The molecule has 0 aromatic heterocycles. The minimum absolute atomic E-state index is 0.351. The van der Waals surface area contributed by atoms with Crippen molar-refractivity contribution in [3.8, 4) is 5.75 Å². The number of amides is 4. The molecule has 1 heterocycles. The number of fused-ring (bicyclic) bond motifs is 2. The first-order chi connectivity index (χ1) is 14.0.